The fourth-order valence-corrected chi connectivity index (χ4v) is 1.63. The minimum absolute atomic E-state index is 0.166. The van der Waals surface area contributed by atoms with Gasteiger partial charge < -0.3 is 4.74 Å². The Hall–Kier alpha value is -1.73. The third-order valence-electron chi connectivity index (χ3n) is 2.35. The number of rotatable bonds is 1. The monoisotopic (exact) mass is 236 g/mol. The first-order valence-corrected chi connectivity index (χ1v) is 5.18. The average Bonchev–Trinajstić information content (AvgIpc) is 2.31. The molecule has 1 aliphatic heterocycles. The summed E-state index contributed by atoms with van der Waals surface area (Å²) in [4.78, 5) is 12.9. The highest BCUT2D eigenvalue weighted by atomic mass is 35.5. The van der Waals surface area contributed by atoms with Crippen LogP contribution >= 0.6 is 11.6 Å². The maximum Gasteiger partial charge on any atom is 0.414 e. The van der Waals surface area contributed by atoms with Crippen molar-refractivity contribution in [3.63, 3.8) is 0 Å². The molecule has 1 atom stereocenters. The zero-order chi connectivity index (χ0) is 11.5. The van der Waals surface area contributed by atoms with E-state index in [1.165, 1.54) is 4.90 Å². The summed E-state index contributed by atoms with van der Waals surface area (Å²) in [6.45, 7) is 0.524. The maximum atomic E-state index is 11.5. The largest absolute Gasteiger partial charge is 0.448 e. The van der Waals surface area contributed by atoms with Crippen molar-refractivity contribution >= 4 is 23.4 Å². The zero-order valence-electron chi connectivity index (χ0n) is 8.39. The summed E-state index contributed by atoms with van der Waals surface area (Å²) in [7, 11) is 0. The number of hydrogen-bond donors (Lipinski definition) is 0. The number of carbonyl (C=O) groups is 1. The molecule has 1 fully saturated rings. The SMILES string of the molecule is N#CC1COC(=O)N(c2ccc(Cl)cc2)C1. The van der Waals surface area contributed by atoms with Gasteiger partial charge in [0, 0.05) is 17.3 Å². The molecule has 1 heterocycles. The van der Waals surface area contributed by atoms with E-state index >= 15 is 0 Å². The highest BCUT2D eigenvalue weighted by molar-refractivity contribution is 6.30. The molecule has 2 rings (SSSR count). The van der Waals surface area contributed by atoms with Crippen molar-refractivity contribution in [3.8, 4) is 6.07 Å². The van der Waals surface area contributed by atoms with Crippen LogP contribution in [0.1, 0.15) is 0 Å². The number of anilines is 1. The Bertz CT molecular complexity index is 438. The fraction of sp³-hybridized carbons (Fsp3) is 0.273. The lowest BCUT2D eigenvalue weighted by atomic mass is 10.1. The van der Waals surface area contributed by atoms with Crippen LogP contribution in [-0.2, 0) is 4.74 Å². The smallest absolute Gasteiger partial charge is 0.414 e. The maximum absolute atomic E-state index is 11.5. The van der Waals surface area contributed by atoms with E-state index < -0.39 is 6.09 Å². The van der Waals surface area contributed by atoms with Gasteiger partial charge in [-0.2, -0.15) is 5.26 Å². The zero-order valence-corrected chi connectivity index (χ0v) is 9.15. The van der Waals surface area contributed by atoms with E-state index in [4.69, 9.17) is 21.6 Å². The molecule has 0 aliphatic carbocycles. The van der Waals surface area contributed by atoms with E-state index in [0.29, 0.717) is 17.3 Å². The van der Waals surface area contributed by atoms with Gasteiger partial charge in [-0.15, -0.1) is 0 Å². The van der Waals surface area contributed by atoms with Gasteiger partial charge in [0.2, 0.25) is 0 Å². The summed E-state index contributed by atoms with van der Waals surface area (Å²) < 4.78 is 4.91. The summed E-state index contributed by atoms with van der Waals surface area (Å²) in [6, 6.07) is 8.93. The first kappa shape index (κ1) is 10.8. The molecule has 16 heavy (non-hydrogen) atoms. The Morgan fingerprint density at radius 2 is 2.12 bits per heavy atom. The summed E-state index contributed by atoms with van der Waals surface area (Å²) in [5, 5.41) is 9.40. The van der Waals surface area contributed by atoms with Crippen molar-refractivity contribution < 1.29 is 9.53 Å². The first-order valence-electron chi connectivity index (χ1n) is 4.80. The molecule has 1 saturated heterocycles. The highest BCUT2D eigenvalue weighted by Crippen LogP contribution is 2.22. The van der Waals surface area contributed by atoms with Crippen LogP contribution in [0.3, 0.4) is 0 Å². The summed E-state index contributed by atoms with van der Waals surface area (Å²) in [6.07, 6.45) is -0.422. The molecule has 1 unspecified atom stereocenters. The molecule has 5 heteroatoms. The van der Waals surface area contributed by atoms with Crippen molar-refractivity contribution in [2.24, 2.45) is 5.92 Å². The number of benzene rings is 1. The number of ether oxygens (including phenoxy) is 1. The molecule has 0 bridgehead atoms. The van der Waals surface area contributed by atoms with Gasteiger partial charge in [0.05, 0.1) is 12.0 Å². The molecule has 0 spiro atoms. The van der Waals surface area contributed by atoms with E-state index in [0.717, 1.165) is 0 Å². The quantitative estimate of drug-likeness (QED) is 0.753. The molecule has 0 aromatic heterocycles. The number of nitriles is 1. The number of hydrogen-bond acceptors (Lipinski definition) is 3. The lowest BCUT2D eigenvalue weighted by Gasteiger charge is -2.29. The van der Waals surface area contributed by atoms with Crippen LogP contribution in [0.15, 0.2) is 24.3 Å². The van der Waals surface area contributed by atoms with Crippen LogP contribution in [-0.4, -0.2) is 19.2 Å². The fourth-order valence-electron chi connectivity index (χ4n) is 1.51. The molecule has 1 aromatic carbocycles. The van der Waals surface area contributed by atoms with Gasteiger partial charge >= 0.3 is 6.09 Å². The van der Waals surface area contributed by atoms with Crippen LogP contribution in [0.25, 0.3) is 0 Å². The summed E-state index contributed by atoms with van der Waals surface area (Å²) in [5.74, 6) is -0.284. The van der Waals surface area contributed by atoms with Gasteiger partial charge in [0.25, 0.3) is 0 Å². The Labute approximate surface area is 98.0 Å². The Kier molecular flexibility index (Phi) is 2.97. The predicted octanol–water partition coefficient (Wildman–Crippen LogP) is 2.44. The molecule has 0 saturated carbocycles. The van der Waals surface area contributed by atoms with E-state index in [2.05, 4.69) is 6.07 Å². The van der Waals surface area contributed by atoms with Gasteiger partial charge in [-0.1, -0.05) is 11.6 Å². The van der Waals surface area contributed by atoms with E-state index in [9.17, 15) is 4.79 Å². The minimum Gasteiger partial charge on any atom is -0.448 e. The number of nitrogens with zero attached hydrogens (tertiary/aromatic N) is 2. The summed E-state index contributed by atoms with van der Waals surface area (Å²) >= 11 is 5.76. The van der Waals surface area contributed by atoms with Crippen LogP contribution in [0.4, 0.5) is 10.5 Å². The van der Waals surface area contributed by atoms with Crippen LogP contribution in [0.5, 0.6) is 0 Å². The third-order valence-corrected chi connectivity index (χ3v) is 2.60. The van der Waals surface area contributed by atoms with E-state index in [1.807, 2.05) is 0 Å². The minimum atomic E-state index is -0.422. The second kappa shape index (κ2) is 4.42. The topological polar surface area (TPSA) is 53.3 Å². The molecule has 4 nitrogen and oxygen atoms in total. The number of cyclic esters (lactones) is 1. The van der Waals surface area contributed by atoms with Crippen LogP contribution in [0.2, 0.25) is 5.02 Å². The molecule has 1 aliphatic rings. The normalized spacial score (nSPS) is 20.1. The van der Waals surface area contributed by atoms with Gasteiger partial charge in [-0.25, -0.2) is 4.79 Å². The van der Waals surface area contributed by atoms with E-state index in [-0.39, 0.29) is 12.5 Å². The standard InChI is InChI=1S/C11H9ClN2O2/c12-9-1-3-10(4-2-9)14-6-8(5-13)7-16-11(14)15/h1-4,8H,6-7H2. The van der Waals surface area contributed by atoms with Crippen LogP contribution < -0.4 is 4.90 Å². The molecule has 82 valence electrons. The number of carbonyl (C=O) groups excluding carboxylic acids is 1. The first-order chi connectivity index (χ1) is 7.70. The van der Waals surface area contributed by atoms with Crippen molar-refractivity contribution in [1.82, 2.24) is 0 Å². The molecular weight excluding hydrogens is 228 g/mol. The molecule has 0 N–H and O–H groups in total. The number of amides is 1. The second-order valence-electron chi connectivity index (χ2n) is 3.49. The summed E-state index contributed by atoms with van der Waals surface area (Å²) in [5.41, 5.74) is 0.689. The third kappa shape index (κ3) is 2.10. The lowest BCUT2D eigenvalue weighted by Crippen LogP contribution is -2.42. The van der Waals surface area contributed by atoms with Crippen molar-refractivity contribution in [3.05, 3.63) is 29.3 Å². The van der Waals surface area contributed by atoms with E-state index in [1.54, 1.807) is 24.3 Å². The van der Waals surface area contributed by atoms with Crippen molar-refractivity contribution in [1.29, 1.82) is 5.26 Å². The van der Waals surface area contributed by atoms with Crippen molar-refractivity contribution in [2.75, 3.05) is 18.1 Å². The lowest BCUT2D eigenvalue weighted by molar-refractivity contribution is 0.127. The highest BCUT2D eigenvalue weighted by Gasteiger charge is 2.27. The van der Waals surface area contributed by atoms with Gasteiger partial charge in [-0.05, 0) is 24.3 Å². The van der Waals surface area contributed by atoms with Gasteiger partial charge in [0.15, 0.2) is 0 Å². The molecular formula is C11H9ClN2O2. The number of halogens is 1. The molecule has 0 radical (unpaired) electrons. The molecule has 1 amide bonds. The Morgan fingerprint density at radius 1 is 1.44 bits per heavy atom. The van der Waals surface area contributed by atoms with Gasteiger partial charge in [-0.3, -0.25) is 4.90 Å². The van der Waals surface area contributed by atoms with Crippen LogP contribution in [0, 0.1) is 17.2 Å². The predicted molar refractivity (Wildman–Crippen MR) is 59.2 cm³/mol. The Morgan fingerprint density at radius 3 is 2.75 bits per heavy atom. The average molecular weight is 237 g/mol. The van der Waals surface area contributed by atoms with Crippen molar-refractivity contribution in [2.45, 2.75) is 0 Å². The Balaban J connectivity index is 2.22. The second-order valence-corrected chi connectivity index (χ2v) is 3.93. The molecule has 1 aromatic rings. The van der Waals surface area contributed by atoms with Gasteiger partial charge in [0.1, 0.15) is 6.61 Å².